The minimum absolute atomic E-state index is 0.178. The van der Waals surface area contributed by atoms with Gasteiger partial charge in [0.1, 0.15) is 0 Å². The van der Waals surface area contributed by atoms with Crippen LogP contribution in [0.3, 0.4) is 0 Å². The van der Waals surface area contributed by atoms with E-state index in [2.05, 4.69) is 29.2 Å². The third-order valence-electron chi connectivity index (χ3n) is 3.21. The molecule has 2 rings (SSSR count). The van der Waals surface area contributed by atoms with E-state index in [1.807, 2.05) is 29.9 Å². The lowest BCUT2D eigenvalue weighted by molar-refractivity contribution is 0.538. The predicted molar refractivity (Wildman–Crippen MR) is 77.1 cm³/mol. The highest BCUT2D eigenvalue weighted by atomic mass is 35.5. The number of aryl methyl sites for hydroxylation is 2. The van der Waals surface area contributed by atoms with Crippen molar-refractivity contribution in [1.82, 2.24) is 20.1 Å². The van der Waals surface area contributed by atoms with Gasteiger partial charge in [-0.1, -0.05) is 24.6 Å². The summed E-state index contributed by atoms with van der Waals surface area (Å²) in [6.07, 6.45) is 2.65. The van der Waals surface area contributed by atoms with Crippen molar-refractivity contribution in [3.63, 3.8) is 0 Å². The largest absolute Gasteiger partial charge is 0.303 e. The molecule has 0 spiro atoms. The van der Waals surface area contributed by atoms with Crippen LogP contribution in [0.5, 0.6) is 0 Å². The summed E-state index contributed by atoms with van der Waals surface area (Å²) in [7, 11) is 1.92. The van der Waals surface area contributed by atoms with E-state index in [0.29, 0.717) is 6.54 Å². The van der Waals surface area contributed by atoms with Crippen LogP contribution in [0.2, 0.25) is 5.02 Å². The van der Waals surface area contributed by atoms with Crippen LogP contribution >= 0.6 is 11.6 Å². The molecule has 1 unspecified atom stereocenters. The second-order valence-electron chi connectivity index (χ2n) is 4.54. The van der Waals surface area contributed by atoms with Gasteiger partial charge in [-0.2, -0.15) is 5.10 Å². The maximum Gasteiger partial charge on any atom is 0.0863 e. The summed E-state index contributed by atoms with van der Waals surface area (Å²) in [4.78, 5) is 4.34. The first-order chi connectivity index (χ1) is 9.13. The number of nitrogens with zero attached hydrogens (tertiary/aromatic N) is 3. The van der Waals surface area contributed by atoms with Crippen LogP contribution in [0.15, 0.2) is 24.4 Å². The van der Waals surface area contributed by atoms with E-state index in [9.17, 15) is 0 Å². The van der Waals surface area contributed by atoms with Crippen molar-refractivity contribution in [2.75, 3.05) is 0 Å². The first-order valence-corrected chi connectivity index (χ1v) is 6.85. The first-order valence-electron chi connectivity index (χ1n) is 6.48. The molecule has 2 heterocycles. The summed E-state index contributed by atoms with van der Waals surface area (Å²) in [6, 6.07) is 6.10. The fraction of sp³-hybridized carbons (Fsp3) is 0.429. The van der Waals surface area contributed by atoms with Gasteiger partial charge < -0.3 is 5.32 Å². The molecule has 0 bridgehead atoms. The molecule has 1 N–H and O–H groups in total. The SMILES string of the molecule is CCc1nn(C)c(CNC(C)c2ccccn2)c1Cl. The van der Waals surface area contributed by atoms with Crippen LogP contribution in [0.4, 0.5) is 0 Å². The average molecular weight is 279 g/mol. The van der Waals surface area contributed by atoms with E-state index < -0.39 is 0 Å². The molecule has 1 atom stereocenters. The van der Waals surface area contributed by atoms with Gasteiger partial charge >= 0.3 is 0 Å². The molecule has 102 valence electrons. The Morgan fingerprint density at radius 2 is 2.21 bits per heavy atom. The van der Waals surface area contributed by atoms with Gasteiger partial charge in [0.05, 0.1) is 22.1 Å². The van der Waals surface area contributed by atoms with Crippen LogP contribution in [-0.2, 0) is 20.0 Å². The zero-order valence-electron chi connectivity index (χ0n) is 11.5. The van der Waals surface area contributed by atoms with Crippen molar-refractivity contribution in [1.29, 1.82) is 0 Å². The van der Waals surface area contributed by atoms with E-state index in [4.69, 9.17) is 11.6 Å². The third-order valence-corrected chi connectivity index (χ3v) is 3.65. The fourth-order valence-electron chi connectivity index (χ4n) is 2.00. The summed E-state index contributed by atoms with van der Waals surface area (Å²) >= 11 is 6.32. The molecule has 0 saturated carbocycles. The Labute approximate surface area is 118 Å². The van der Waals surface area contributed by atoms with Gasteiger partial charge in [0.2, 0.25) is 0 Å². The molecule has 2 aromatic rings. The minimum atomic E-state index is 0.178. The Kier molecular flexibility index (Phi) is 4.56. The number of halogens is 1. The number of nitrogens with one attached hydrogen (secondary N) is 1. The molecule has 0 aromatic carbocycles. The van der Waals surface area contributed by atoms with Gasteiger partial charge in [0.15, 0.2) is 0 Å². The van der Waals surface area contributed by atoms with Crippen molar-refractivity contribution in [3.8, 4) is 0 Å². The summed E-state index contributed by atoms with van der Waals surface area (Å²) in [5, 5.41) is 8.60. The highest BCUT2D eigenvalue weighted by Crippen LogP contribution is 2.21. The topological polar surface area (TPSA) is 42.7 Å². The molecule has 0 amide bonds. The molecule has 0 aliphatic carbocycles. The first kappa shape index (κ1) is 14.0. The highest BCUT2D eigenvalue weighted by Gasteiger charge is 2.14. The Balaban J connectivity index is 2.05. The van der Waals surface area contributed by atoms with Crippen LogP contribution in [0.1, 0.15) is 37.0 Å². The van der Waals surface area contributed by atoms with Gasteiger partial charge in [-0.05, 0) is 25.5 Å². The average Bonchev–Trinajstić information content (AvgIpc) is 2.72. The molecule has 19 heavy (non-hydrogen) atoms. The Morgan fingerprint density at radius 3 is 2.79 bits per heavy atom. The van der Waals surface area contributed by atoms with Gasteiger partial charge in [0.25, 0.3) is 0 Å². The Hall–Kier alpha value is -1.39. The molecule has 2 aromatic heterocycles. The zero-order valence-corrected chi connectivity index (χ0v) is 12.3. The number of rotatable bonds is 5. The monoisotopic (exact) mass is 278 g/mol. The number of hydrogen-bond donors (Lipinski definition) is 1. The van der Waals surface area contributed by atoms with Crippen molar-refractivity contribution in [2.45, 2.75) is 32.9 Å². The van der Waals surface area contributed by atoms with E-state index in [1.165, 1.54) is 0 Å². The molecule has 0 aliphatic rings. The lowest BCUT2D eigenvalue weighted by Gasteiger charge is -2.13. The number of aromatic nitrogens is 3. The van der Waals surface area contributed by atoms with Crippen molar-refractivity contribution < 1.29 is 0 Å². The fourth-order valence-corrected chi connectivity index (χ4v) is 2.36. The quantitative estimate of drug-likeness (QED) is 0.914. The van der Waals surface area contributed by atoms with Gasteiger partial charge in [-0.3, -0.25) is 9.67 Å². The Morgan fingerprint density at radius 1 is 1.42 bits per heavy atom. The highest BCUT2D eigenvalue weighted by molar-refractivity contribution is 6.31. The molecule has 0 aliphatic heterocycles. The second-order valence-corrected chi connectivity index (χ2v) is 4.92. The van der Waals surface area contributed by atoms with Crippen molar-refractivity contribution in [2.24, 2.45) is 7.05 Å². The molecule has 0 fully saturated rings. The van der Waals surface area contributed by atoms with Gasteiger partial charge in [-0.25, -0.2) is 0 Å². The number of pyridine rings is 1. The summed E-state index contributed by atoms with van der Waals surface area (Å²) in [5.41, 5.74) is 2.99. The van der Waals surface area contributed by atoms with Crippen LogP contribution in [0, 0.1) is 0 Å². The van der Waals surface area contributed by atoms with E-state index in [1.54, 1.807) is 6.20 Å². The molecular weight excluding hydrogens is 260 g/mol. The van der Waals surface area contributed by atoms with E-state index in [-0.39, 0.29) is 6.04 Å². The van der Waals surface area contributed by atoms with Crippen LogP contribution < -0.4 is 5.32 Å². The lowest BCUT2D eigenvalue weighted by Crippen LogP contribution is -2.20. The summed E-state index contributed by atoms with van der Waals surface area (Å²) < 4.78 is 1.85. The summed E-state index contributed by atoms with van der Waals surface area (Å²) in [5.74, 6) is 0. The Bertz CT molecular complexity index is 536. The second kappa shape index (κ2) is 6.17. The minimum Gasteiger partial charge on any atom is -0.303 e. The van der Waals surface area contributed by atoms with E-state index >= 15 is 0 Å². The van der Waals surface area contributed by atoms with E-state index in [0.717, 1.165) is 28.5 Å². The van der Waals surface area contributed by atoms with Crippen LogP contribution in [-0.4, -0.2) is 14.8 Å². The molecule has 0 radical (unpaired) electrons. The predicted octanol–water partition coefficient (Wildman–Crippen LogP) is 2.88. The van der Waals surface area contributed by atoms with Gasteiger partial charge in [-0.15, -0.1) is 0 Å². The van der Waals surface area contributed by atoms with Crippen LogP contribution in [0.25, 0.3) is 0 Å². The molecule has 4 nitrogen and oxygen atoms in total. The smallest absolute Gasteiger partial charge is 0.0863 e. The zero-order chi connectivity index (χ0) is 13.8. The normalized spacial score (nSPS) is 12.6. The van der Waals surface area contributed by atoms with Crippen molar-refractivity contribution >= 4 is 11.6 Å². The third kappa shape index (κ3) is 3.14. The number of hydrogen-bond acceptors (Lipinski definition) is 3. The lowest BCUT2D eigenvalue weighted by atomic mass is 10.2. The van der Waals surface area contributed by atoms with Gasteiger partial charge in [0, 0.05) is 25.8 Å². The maximum atomic E-state index is 6.32. The van der Waals surface area contributed by atoms with Crippen molar-refractivity contribution in [3.05, 3.63) is 46.5 Å². The summed E-state index contributed by atoms with van der Waals surface area (Å²) in [6.45, 7) is 4.83. The maximum absolute atomic E-state index is 6.32. The molecular formula is C14H19ClN4. The molecule has 5 heteroatoms. The standard InChI is InChI=1S/C14H19ClN4/c1-4-11-14(15)13(19(3)18-11)9-17-10(2)12-7-5-6-8-16-12/h5-8,10,17H,4,9H2,1-3H3. The molecule has 0 saturated heterocycles.